The highest BCUT2D eigenvalue weighted by Crippen LogP contribution is 2.54. The lowest BCUT2D eigenvalue weighted by molar-refractivity contribution is 0.0129. The molecule has 0 bridgehead atoms. The molecule has 1 aliphatic heterocycles. The molecule has 1 unspecified atom stereocenters. The van der Waals surface area contributed by atoms with Crippen molar-refractivity contribution in [2.45, 2.75) is 33.0 Å². The van der Waals surface area contributed by atoms with Gasteiger partial charge in [-0.15, -0.1) is 0 Å². The highest BCUT2D eigenvalue weighted by Gasteiger charge is 2.56. The van der Waals surface area contributed by atoms with Crippen LogP contribution in [0, 0.1) is 6.92 Å². The summed E-state index contributed by atoms with van der Waals surface area (Å²) in [6, 6.07) is 30.6. The number of fused-ring (bicyclic) bond motifs is 2. The van der Waals surface area contributed by atoms with Crippen LogP contribution in [0.2, 0.25) is 0 Å². The van der Waals surface area contributed by atoms with Gasteiger partial charge in [0.25, 0.3) is 0 Å². The van der Waals surface area contributed by atoms with Gasteiger partial charge in [0.05, 0.1) is 36.0 Å². The van der Waals surface area contributed by atoms with Gasteiger partial charge in [0.2, 0.25) is 5.72 Å². The Morgan fingerprint density at radius 3 is 2.24 bits per heavy atom. The van der Waals surface area contributed by atoms with E-state index in [1.54, 1.807) is 18.2 Å². The molecule has 0 aliphatic carbocycles. The molecule has 6 rings (SSSR count). The monoisotopic (exact) mass is 560 g/mol. The number of rotatable bonds is 8. The molecule has 7 heteroatoms. The van der Waals surface area contributed by atoms with E-state index >= 15 is 0 Å². The predicted molar refractivity (Wildman–Crippen MR) is 163 cm³/mol. The SMILES string of the molecule is CCOc1ccc(N(c2ccccc2)C2(c3c(C)n(CC)c4ccccc34)OC(=O)c3cccc(C(=O)OC)c32)cc1. The van der Waals surface area contributed by atoms with Crippen LogP contribution in [0.3, 0.4) is 0 Å². The third kappa shape index (κ3) is 4.04. The standard InChI is InChI=1S/C35H32N2O5/c1-5-36-23(3)31(27-15-10-11-18-30(27)36)35(32-28(33(38)40-4)16-12-17-29(32)34(39)42-35)37(24-13-8-7-9-14-24)25-19-21-26(22-20-25)41-6-2/h7-22H,5-6H2,1-4H3. The lowest BCUT2D eigenvalue weighted by Crippen LogP contribution is -2.46. The van der Waals surface area contributed by atoms with Crippen molar-refractivity contribution < 1.29 is 23.8 Å². The molecule has 212 valence electrons. The van der Waals surface area contributed by atoms with Gasteiger partial charge in [-0.1, -0.05) is 42.5 Å². The molecule has 5 aromatic rings. The molecule has 0 saturated heterocycles. The fraction of sp³-hybridized carbons (Fsp3) is 0.200. The van der Waals surface area contributed by atoms with Crippen LogP contribution in [0.5, 0.6) is 5.75 Å². The molecular formula is C35H32N2O5. The minimum absolute atomic E-state index is 0.264. The number of ether oxygens (including phenoxy) is 3. The maximum Gasteiger partial charge on any atom is 0.341 e. The van der Waals surface area contributed by atoms with Crippen LogP contribution in [0.25, 0.3) is 10.9 Å². The molecule has 1 aromatic heterocycles. The summed E-state index contributed by atoms with van der Waals surface area (Å²) < 4.78 is 19.9. The first-order chi connectivity index (χ1) is 20.5. The minimum atomic E-state index is -1.56. The van der Waals surface area contributed by atoms with Gasteiger partial charge in [0.1, 0.15) is 5.75 Å². The molecule has 4 aromatic carbocycles. The highest BCUT2D eigenvalue weighted by atomic mass is 16.6. The molecule has 1 aliphatic rings. The van der Waals surface area contributed by atoms with Gasteiger partial charge in [-0.3, -0.25) is 4.90 Å². The van der Waals surface area contributed by atoms with Crippen LogP contribution < -0.4 is 9.64 Å². The second-order valence-electron chi connectivity index (χ2n) is 10.1. The van der Waals surface area contributed by atoms with Crippen LogP contribution in [0.15, 0.2) is 97.1 Å². The van der Waals surface area contributed by atoms with Crippen molar-refractivity contribution in [2.24, 2.45) is 0 Å². The van der Waals surface area contributed by atoms with Gasteiger partial charge >= 0.3 is 11.9 Å². The smallest absolute Gasteiger partial charge is 0.341 e. The summed E-state index contributed by atoms with van der Waals surface area (Å²) in [5, 5.41) is 0.920. The summed E-state index contributed by atoms with van der Waals surface area (Å²) in [5.41, 5.74) is 3.70. The number of carbonyl (C=O) groups excluding carboxylic acids is 2. The number of hydrogen-bond acceptors (Lipinski definition) is 6. The van der Waals surface area contributed by atoms with Gasteiger partial charge in [0.15, 0.2) is 0 Å². The van der Waals surface area contributed by atoms with Gasteiger partial charge < -0.3 is 18.8 Å². The first-order valence-electron chi connectivity index (χ1n) is 14.1. The van der Waals surface area contributed by atoms with E-state index in [1.165, 1.54) is 7.11 Å². The topological polar surface area (TPSA) is 70.0 Å². The van der Waals surface area contributed by atoms with E-state index < -0.39 is 17.7 Å². The molecule has 0 amide bonds. The van der Waals surface area contributed by atoms with Crippen LogP contribution in [-0.2, 0) is 21.7 Å². The quantitative estimate of drug-likeness (QED) is 0.185. The van der Waals surface area contributed by atoms with Crippen molar-refractivity contribution in [3.63, 3.8) is 0 Å². The zero-order valence-corrected chi connectivity index (χ0v) is 24.1. The number of carbonyl (C=O) groups is 2. The minimum Gasteiger partial charge on any atom is -0.494 e. The Kier molecular flexibility index (Phi) is 6.94. The van der Waals surface area contributed by atoms with Gasteiger partial charge in [0, 0.05) is 34.5 Å². The Morgan fingerprint density at radius 1 is 0.857 bits per heavy atom. The van der Waals surface area contributed by atoms with Gasteiger partial charge in [-0.2, -0.15) is 0 Å². The number of anilines is 2. The number of para-hydroxylation sites is 2. The van der Waals surface area contributed by atoms with Crippen molar-refractivity contribution in [1.29, 1.82) is 0 Å². The number of methoxy groups -OCH3 is 1. The van der Waals surface area contributed by atoms with Crippen molar-refractivity contribution in [1.82, 2.24) is 4.57 Å². The lowest BCUT2D eigenvalue weighted by Gasteiger charge is -2.43. The number of hydrogen-bond donors (Lipinski definition) is 0. The summed E-state index contributed by atoms with van der Waals surface area (Å²) >= 11 is 0. The van der Waals surface area contributed by atoms with Crippen LogP contribution in [-0.4, -0.2) is 30.2 Å². The summed E-state index contributed by atoms with van der Waals surface area (Å²) in [4.78, 5) is 29.3. The van der Waals surface area contributed by atoms with E-state index in [0.717, 1.165) is 39.3 Å². The molecule has 1 atom stereocenters. The Hall–Kier alpha value is -5.04. The van der Waals surface area contributed by atoms with Crippen molar-refractivity contribution in [3.8, 4) is 5.75 Å². The molecule has 0 saturated carbocycles. The fourth-order valence-electron chi connectivity index (χ4n) is 6.27. The molecule has 7 nitrogen and oxygen atoms in total. The average molecular weight is 561 g/mol. The van der Waals surface area contributed by atoms with Gasteiger partial charge in [-0.05, 0) is 75.4 Å². The van der Waals surface area contributed by atoms with E-state index in [-0.39, 0.29) is 5.56 Å². The number of benzene rings is 4. The predicted octanol–water partition coefficient (Wildman–Crippen LogP) is 7.36. The molecule has 0 N–H and O–H groups in total. The normalized spacial score (nSPS) is 15.8. The summed E-state index contributed by atoms with van der Waals surface area (Å²) in [7, 11) is 1.34. The van der Waals surface area contributed by atoms with Crippen molar-refractivity contribution in [2.75, 3.05) is 18.6 Å². The zero-order chi connectivity index (χ0) is 29.4. The van der Waals surface area contributed by atoms with Crippen LogP contribution in [0.1, 0.15) is 51.4 Å². The lowest BCUT2D eigenvalue weighted by atomic mass is 9.85. The van der Waals surface area contributed by atoms with Crippen LogP contribution >= 0.6 is 0 Å². The first kappa shape index (κ1) is 27.1. The van der Waals surface area contributed by atoms with E-state index in [4.69, 9.17) is 14.2 Å². The second-order valence-corrected chi connectivity index (χ2v) is 10.1. The maximum absolute atomic E-state index is 13.9. The second kappa shape index (κ2) is 10.7. The zero-order valence-electron chi connectivity index (χ0n) is 24.1. The molecule has 0 fully saturated rings. The Morgan fingerprint density at radius 2 is 1.55 bits per heavy atom. The Bertz CT molecular complexity index is 1790. The van der Waals surface area contributed by atoms with Crippen LogP contribution in [0.4, 0.5) is 11.4 Å². The Labute approximate surface area is 244 Å². The average Bonchev–Trinajstić information content (AvgIpc) is 3.48. The molecular weight excluding hydrogens is 528 g/mol. The fourth-order valence-corrected chi connectivity index (χ4v) is 6.27. The van der Waals surface area contributed by atoms with E-state index in [1.807, 2.05) is 91.5 Å². The maximum atomic E-state index is 13.9. The summed E-state index contributed by atoms with van der Waals surface area (Å²) in [6.07, 6.45) is 0. The number of cyclic esters (lactones) is 1. The number of aryl methyl sites for hydroxylation is 1. The molecule has 0 radical (unpaired) electrons. The van der Waals surface area contributed by atoms with Crippen molar-refractivity contribution in [3.05, 3.63) is 125 Å². The van der Waals surface area contributed by atoms with E-state index in [9.17, 15) is 9.59 Å². The summed E-state index contributed by atoms with van der Waals surface area (Å²) in [6.45, 7) is 7.31. The van der Waals surface area contributed by atoms with E-state index in [2.05, 4.69) is 17.6 Å². The molecule has 2 heterocycles. The number of aromatic nitrogens is 1. The summed E-state index contributed by atoms with van der Waals surface area (Å²) in [5.74, 6) is -0.345. The van der Waals surface area contributed by atoms with Gasteiger partial charge in [-0.25, -0.2) is 9.59 Å². The van der Waals surface area contributed by atoms with E-state index in [0.29, 0.717) is 24.3 Å². The highest BCUT2D eigenvalue weighted by molar-refractivity contribution is 6.04. The number of esters is 2. The molecule has 42 heavy (non-hydrogen) atoms. The number of nitrogens with zero attached hydrogens (tertiary/aromatic N) is 2. The van der Waals surface area contributed by atoms with Crippen molar-refractivity contribution >= 4 is 34.2 Å². The third-order valence-electron chi connectivity index (χ3n) is 7.89. The Balaban J connectivity index is 1.80. The molecule has 0 spiro atoms. The largest absolute Gasteiger partial charge is 0.494 e. The third-order valence-corrected chi connectivity index (χ3v) is 7.89. The first-order valence-corrected chi connectivity index (χ1v) is 14.1.